The fraction of sp³-hybridized carbons (Fsp3) is 0.238. The molecule has 0 aliphatic rings. The van der Waals surface area contributed by atoms with Crippen molar-refractivity contribution in [2.45, 2.75) is 13.8 Å². The highest BCUT2D eigenvalue weighted by atomic mass is 16.5. The normalized spacial score (nSPS) is 11.2. The van der Waals surface area contributed by atoms with Crippen molar-refractivity contribution in [3.05, 3.63) is 59.4 Å². The average Bonchev–Trinajstić information content (AvgIpc) is 3.10. The van der Waals surface area contributed by atoms with Gasteiger partial charge in [0, 0.05) is 18.8 Å². The lowest BCUT2D eigenvalue weighted by Gasteiger charge is -2.20. The van der Waals surface area contributed by atoms with Crippen molar-refractivity contribution in [2.75, 3.05) is 25.1 Å². The fourth-order valence-electron chi connectivity index (χ4n) is 2.96. The maximum atomic E-state index is 11.9. The van der Waals surface area contributed by atoms with Gasteiger partial charge in [-0.25, -0.2) is 9.78 Å². The number of anilines is 1. The second-order valence-corrected chi connectivity index (χ2v) is 5.91. The van der Waals surface area contributed by atoms with E-state index in [1.807, 2.05) is 24.3 Å². The predicted molar refractivity (Wildman–Crippen MR) is 106 cm³/mol. The summed E-state index contributed by atoms with van der Waals surface area (Å²) in [7, 11) is 1.37. The molecule has 5 nitrogen and oxygen atoms in total. The van der Waals surface area contributed by atoms with Gasteiger partial charge in [-0.15, -0.1) is 0 Å². The molecule has 0 unspecified atom stereocenters. The molecule has 3 rings (SSSR count). The van der Waals surface area contributed by atoms with Gasteiger partial charge in [0.15, 0.2) is 0 Å². The van der Waals surface area contributed by atoms with Gasteiger partial charge in [-0.05, 0) is 49.8 Å². The Bertz CT molecular complexity index is 922. The molecule has 0 saturated carbocycles. The molecular formula is C21H23N3O2. The van der Waals surface area contributed by atoms with Crippen molar-refractivity contribution in [1.82, 2.24) is 9.97 Å². The van der Waals surface area contributed by atoms with Gasteiger partial charge in [-0.3, -0.25) is 0 Å². The highest BCUT2D eigenvalue weighted by Crippen LogP contribution is 2.19. The first-order valence-electron chi connectivity index (χ1n) is 8.76. The van der Waals surface area contributed by atoms with Crippen LogP contribution in [-0.4, -0.2) is 36.1 Å². The predicted octanol–water partition coefficient (Wildman–Crippen LogP) is 4.37. The molecular weight excluding hydrogens is 326 g/mol. The number of aromatic amines is 1. The van der Waals surface area contributed by atoms with Crippen LogP contribution in [0.25, 0.3) is 23.2 Å². The van der Waals surface area contributed by atoms with Crippen molar-refractivity contribution in [1.29, 1.82) is 0 Å². The number of fused-ring (bicyclic) bond motifs is 1. The Kier molecular flexibility index (Phi) is 5.37. The third-order valence-electron chi connectivity index (χ3n) is 4.39. The van der Waals surface area contributed by atoms with Gasteiger partial charge >= 0.3 is 5.97 Å². The molecule has 0 atom stereocenters. The first kappa shape index (κ1) is 17.7. The van der Waals surface area contributed by atoms with Crippen LogP contribution >= 0.6 is 0 Å². The summed E-state index contributed by atoms with van der Waals surface area (Å²) in [5.41, 5.74) is 4.21. The molecule has 0 radical (unpaired) electrons. The Morgan fingerprint density at radius 1 is 1.12 bits per heavy atom. The van der Waals surface area contributed by atoms with Crippen LogP contribution in [0.1, 0.15) is 35.6 Å². The van der Waals surface area contributed by atoms with Gasteiger partial charge in [-0.2, -0.15) is 0 Å². The number of rotatable bonds is 6. The van der Waals surface area contributed by atoms with E-state index in [4.69, 9.17) is 4.74 Å². The zero-order chi connectivity index (χ0) is 18.5. The lowest BCUT2D eigenvalue weighted by molar-refractivity contribution is 0.0603. The lowest BCUT2D eigenvalue weighted by Crippen LogP contribution is -2.21. The van der Waals surface area contributed by atoms with Gasteiger partial charge in [0.05, 0.1) is 18.2 Å². The fourth-order valence-corrected chi connectivity index (χ4v) is 2.96. The minimum absolute atomic E-state index is 0.385. The molecule has 0 fully saturated rings. The minimum atomic E-state index is -0.385. The molecule has 0 amide bonds. The zero-order valence-corrected chi connectivity index (χ0v) is 15.3. The van der Waals surface area contributed by atoms with Gasteiger partial charge in [0.1, 0.15) is 11.3 Å². The largest absolute Gasteiger partial charge is 0.465 e. The number of ether oxygens (including phenoxy) is 1. The van der Waals surface area contributed by atoms with Crippen molar-refractivity contribution in [3.8, 4) is 0 Å². The van der Waals surface area contributed by atoms with E-state index in [-0.39, 0.29) is 5.97 Å². The van der Waals surface area contributed by atoms with Gasteiger partial charge in [0.25, 0.3) is 0 Å². The van der Waals surface area contributed by atoms with Crippen LogP contribution in [0.5, 0.6) is 0 Å². The van der Waals surface area contributed by atoms with E-state index in [9.17, 15) is 4.79 Å². The van der Waals surface area contributed by atoms with Gasteiger partial charge in [0.2, 0.25) is 0 Å². The summed E-state index contributed by atoms with van der Waals surface area (Å²) in [6.45, 7) is 6.29. The summed E-state index contributed by atoms with van der Waals surface area (Å²) in [4.78, 5) is 21.9. The number of nitrogens with one attached hydrogen (secondary N) is 1. The molecule has 5 heteroatoms. The smallest absolute Gasteiger partial charge is 0.340 e. The maximum absolute atomic E-state index is 11.9. The summed E-state index contributed by atoms with van der Waals surface area (Å²) in [6, 6.07) is 13.9. The third kappa shape index (κ3) is 3.61. The SMILES string of the molecule is CCN(CC)c1ccc(/C=C/c2nc3c(C(=O)OC)cccc3[nH]2)cc1. The van der Waals surface area contributed by atoms with E-state index in [1.165, 1.54) is 12.8 Å². The minimum Gasteiger partial charge on any atom is -0.465 e. The van der Waals surface area contributed by atoms with E-state index in [0.29, 0.717) is 16.9 Å². The molecule has 2 aromatic carbocycles. The molecule has 1 N–H and O–H groups in total. The van der Waals surface area contributed by atoms with Crippen LogP contribution in [0.15, 0.2) is 42.5 Å². The summed E-state index contributed by atoms with van der Waals surface area (Å²) >= 11 is 0. The van der Waals surface area contributed by atoms with Crippen LogP contribution in [0, 0.1) is 0 Å². The van der Waals surface area contributed by atoms with Crippen LogP contribution < -0.4 is 4.90 Å². The summed E-state index contributed by atoms with van der Waals surface area (Å²) in [6.07, 6.45) is 3.91. The van der Waals surface area contributed by atoms with Crippen LogP contribution in [0.2, 0.25) is 0 Å². The monoisotopic (exact) mass is 349 g/mol. The summed E-state index contributed by atoms with van der Waals surface area (Å²) in [5.74, 6) is 0.314. The standard InChI is InChI=1S/C21H23N3O2/c1-4-24(5-2)16-12-9-15(10-13-16)11-14-19-22-18-8-6-7-17(20(18)23-19)21(25)26-3/h6-14H,4-5H2,1-3H3,(H,22,23)/b14-11+. The van der Waals surface area contributed by atoms with Crippen molar-refractivity contribution in [2.24, 2.45) is 0 Å². The van der Waals surface area contributed by atoms with E-state index >= 15 is 0 Å². The first-order chi connectivity index (χ1) is 12.7. The summed E-state index contributed by atoms with van der Waals surface area (Å²) < 4.78 is 4.82. The highest BCUT2D eigenvalue weighted by molar-refractivity contribution is 6.02. The maximum Gasteiger partial charge on any atom is 0.340 e. The molecule has 134 valence electrons. The van der Waals surface area contributed by atoms with E-state index < -0.39 is 0 Å². The molecule has 1 heterocycles. The number of carbonyl (C=O) groups excluding carboxylic acids is 1. The molecule has 0 aliphatic heterocycles. The summed E-state index contributed by atoms with van der Waals surface area (Å²) in [5, 5.41) is 0. The number of aromatic nitrogens is 2. The highest BCUT2D eigenvalue weighted by Gasteiger charge is 2.12. The second kappa shape index (κ2) is 7.87. The second-order valence-electron chi connectivity index (χ2n) is 5.91. The van der Waals surface area contributed by atoms with Crippen LogP contribution in [-0.2, 0) is 4.74 Å². The average molecular weight is 349 g/mol. The Balaban J connectivity index is 1.83. The number of carbonyl (C=O) groups is 1. The molecule has 26 heavy (non-hydrogen) atoms. The Morgan fingerprint density at radius 2 is 1.85 bits per heavy atom. The Hall–Kier alpha value is -3.08. The number of nitrogens with zero attached hydrogens (tertiary/aromatic N) is 2. The number of hydrogen-bond donors (Lipinski definition) is 1. The topological polar surface area (TPSA) is 58.2 Å². The number of esters is 1. The molecule has 0 aliphatic carbocycles. The zero-order valence-electron chi connectivity index (χ0n) is 15.3. The van der Waals surface area contributed by atoms with E-state index in [0.717, 1.165) is 24.2 Å². The molecule has 3 aromatic rings. The lowest BCUT2D eigenvalue weighted by atomic mass is 10.2. The quantitative estimate of drug-likeness (QED) is 0.672. The van der Waals surface area contributed by atoms with Crippen LogP contribution in [0.4, 0.5) is 5.69 Å². The number of H-pyrrole nitrogens is 1. The molecule has 0 spiro atoms. The third-order valence-corrected chi connectivity index (χ3v) is 4.39. The molecule has 0 saturated heterocycles. The van der Waals surface area contributed by atoms with Gasteiger partial charge < -0.3 is 14.6 Å². The number of hydrogen-bond acceptors (Lipinski definition) is 4. The number of methoxy groups -OCH3 is 1. The van der Waals surface area contributed by atoms with E-state index in [1.54, 1.807) is 6.07 Å². The number of para-hydroxylation sites is 1. The Labute approximate surface area is 153 Å². The molecule has 1 aromatic heterocycles. The van der Waals surface area contributed by atoms with Crippen LogP contribution in [0.3, 0.4) is 0 Å². The number of imidazole rings is 1. The first-order valence-corrected chi connectivity index (χ1v) is 8.76. The van der Waals surface area contributed by atoms with Gasteiger partial charge in [-0.1, -0.05) is 24.3 Å². The number of benzene rings is 2. The van der Waals surface area contributed by atoms with Crippen molar-refractivity contribution < 1.29 is 9.53 Å². The Morgan fingerprint density at radius 3 is 2.50 bits per heavy atom. The van der Waals surface area contributed by atoms with Crippen molar-refractivity contribution in [3.63, 3.8) is 0 Å². The van der Waals surface area contributed by atoms with E-state index in [2.05, 4.69) is 53.0 Å². The molecule has 0 bridgehead atoms. The van der Waals surface area contributed by atoms with Crippen molar-refractivity contribution >= 4 is 34.8 Å².